The second-order valence-corrected chi connectivity index (χ2v) is 5.12. The molecule has 0 fully saturated rings. The minimum atomic E-state index is -0.362. The lowest BCUT2D eigenvalue weighted by Gasteiger charge is -2.01. The van der Waals surface area contributed by atoms with E-state index in [1.54, 1.807) is 13.8 Å². The quantitative estimate of drug-likeness (QED) is 0.497. The molecule has 2 rings (SSSR count). The van der Waals surface area contributed by atoms with Crippen LogP contribution < -0.4 is 5.43 Å². The van der Waals surface area contributed by atoms with E-state index in [2.05, 4.69) is 15.5 Å². The van der Waals surface area contributed by atoms with E-state index in [4.69, 9.17) is 14.4 Å². The van der Waals surface area contributed by atoms with E-state index in [9.17, 15) is 4.79 Å². The third-order valence-electron chi connectivity index (χ3n) is 3.09. The number of anilines is 1. The fourth-order valence-corrected chi connectivity index (χ4v) is 1.90. The van der Waals surface area contributed by atoms with Crippen LogP contribution in [0.5, 0.6) is 0 Å². The molecule has 0 spiro atoms. The summed E-state index contributed by atoms with van der Waals surface area (Å²) in [5, 5.41) is 13.2. The van der Waals surface area contributed by atoms with Crippen LogP contribution in [-0.4, -0.2) is 23.3 Å². The monoisotopic (exact) mass is 326 g/mol. The molecule has 1 N–H and O–H groups in total. The summed E-state index contributed by atoms with van der Waals surface area (Å²) < 4.78 is 10.4. The first-order valence-corrected chi connectivity index (χ1v) is 7.46. The predicted molar refractivity (Wildman–Crippen MR) is 89.4 cm³/mol. The van der Waals surface area contributed by atoms with Gasteiger partial charge in [-0.25, -0.2) is 5.43 Å². The summed E-state index contributed by atoms with van der Waals surface area (Å²) in [6.07, 6.45) is 0.0572. The first-order chi connectivity index (χ1) is 11.5. The van der Waals surface area contributed by atoms with Gasteiger partial charge in [-0.3, -0.25) is 4.79 Å². The van der Waals surface area contributed by atoms with Crippen LogP contribution in [0.4, 0.5) is 5.88 Å². The molecule has 2 aromatic rings. The molecule has 0 aliphatic carbocycles. The largest absolute Gasteiger partial charge is 0.466 e. The number of esters is 1. The van der Waals surface area contributed by atoms with Gasteiger partial charge in [-0.2, -0.15) is 15.3 Å². The lowest BCUT2D eigenvalue weighted by Crippen LogP contribution is -2.10. The van der Waals surface area contributed by atoms with Crippen LogP contribution in [0.3, 0.4) is 0 Å². The molecule has 0 bridgehead atoms. The highest BCUT2D eigenvalue weighted by Gasteiger charge is 2.14. The number of oxazole rings is 1. The summed E-state index contributed by atoms with van der Waals surface area (Å²) in [4.78, 5) is 15.5. The normalized spacial score (nSPS) is 11.0. The van der Waals surface area contributed by atoms with Crippen molar-refractivity contribution in [2.24, 2.45) is 5.10 Å². The molecular formula is C17H18N4O3. The van der Waals surface area contributed by atoms with E-state index in [-0.39, 0.29) is 24.0 Å². The van der Waals surface area contributed by atoms with E-state index in [1.165, 1.54) is 0 Å². The van der Waals surface area contributed by atoms with Crippen molar-refractivity contribution >= 4 is 17.6 Å². The first-order valence-electron chi connectivity index (χ1n) is 7.46. The molecule has 0 unspecified atom stereocenters. The van der Waals surface area contributed by atoms with Crippen molar-refractivity contribution in [3.63, 3.8) is 0 Å². The van der Waals surface area contributed by atoms with Crippen molar-refractivity contribution in [2.75, 3.05) is 12.0 Å². The number of hydrogen-bond donors (Lipinski definition) is 1. The molecule has 124 valence electrons. The lowest BCUT2D eigenvalue weighted by molar-refractivity contribution is -0.141. The summed E-state index contributed by atoms with van der Waals surface area (Å²) in [5.74, 6) is 0.0996. The molecule has 24 heavy (non-hydrogen) atoms. The van der Waals surface area contributed by atoms with E-state index >= 15 is 0 Å². The molecule has 0 aliphatic rings. The molecule has 1 aromatic heterocycles. The van der Waals surface area contributed by atoms with Crippen molar-refractivity contribution in [3.8, 4) is 17.5 Å². The Morgan fingerprint density at radius 3 is 2.75 bits per heavy atom. The molecule has 0 atom stereocenters. The third-order valence-corrected chi connectivity index (χ3v) is 3.09. The van der Waals surface area contributed by atoms with Gasteiger partial charge in [-0.05, 0) is 32.9 Å². The molecule has 1 aromatic carbocycles. The molecule has 0 aliphatic heterocycles. The topological polar surface area (TPSA) is 101 Å². The Hall–Kier alpha value is -3.14. The van der Waals surface area contributed by atoms with Gasteiger partial charge in [0.05, 0.1) is 13.0 Å². The SMILES string of the molecule is CCOC(=O)C/C(C)=N/Nc1oc(-c2ccc(C)cc2)nc1C#N. The van der Waals surface area contributed by atoms with Crippen LogP contribution in [0.2, 0.25) is 0 Å². The molecular weight excluding hydrogens is 308 g/mol. The Bertz CT molecular complexity index is 785. The zero-order valence-electron chi connectivity index (χ0n) is 13.8. The highest BCUT2D eigenvalue weighted by molar-refractivity contribution is 5.97. The average Bonchev–Trinajstić information content (AvgIpc) is 2.97. The number of aromatic nitrogens is 1. The van der Waals surface area contributed by atoms with E-state index in [0.717, 1.165) is 11.1 Å². The van der Waals surface area contributed by atoms with Gasteiger partial charge in [-0.1, -0.05) is 17.7 Å². The van der Waals surface area contributed by atoms with Crippen molar-refractivity contribution in [1.82, 2.24) is 4.98 Å². The predicted octanol–water partition coefficient (Wildman–Crippen LogP) is 3.26. The minimum Gasteiger partial charge on any atom is -0.466 e. The first kappa shape index (κ1) is 17.2. The lowest BCUT2D eigenvalue weighted by atomic mass is 10.1. The van der Waals surface area contributed by atoms with Gasteiger partial charge in [0.1, 0.15) is 6.07 Å². The number of carbonyl (C=O) groups is 1. The van der Waals surface area contributed by atoms with Gasteiger partial charge >= 0.3 is 5.97 Å². The van der Waals surface area contributed by atoms with Crippen LogP contribution in [0, 0.1) is 18.3 Å². The van der Waals surface area contributed by atoms with Crippen LogP contribution in [0.15, 0.2) is 33.8 Å². The summed E-state index contributed by atoms with van der Waals surface area (Å²) in [7, 11) is 0. The summed E-state index contributed by atoms with van der Waals surface area (Å²) in [6.45, 7) is 5.71. The number of nitrogens with zero attached hydrogens (tertiary/aromatic N) is 3. The Balaban J connectivity index is 2.14. The van der Waals surface area contributed by atoms with Crippen LogP contribution in [0.1, 0.15) is 31.5 Å². The maximum Gasteiger partial charge on any atom is 0.311 e. The van der Waals surface area contributed by atoms with E-state index in [0.29, 0.717) is 18.2 Å². The van der Waals surface area contributed by atoms with E-state index in [1.807, 2.05) is 37.3 Å². The van der Waals surface area contributed by atoms with E-state index < -0.39 is 0 Å². The van der Waals surface area contributed by atoms with Crippen LogP contribution in [0.25, 0.3) is 11.5 Å². The minimum absolute atomic E-state index is 0.0572. The molecule has 0 amide bonds. The van der Waals surface area contributed by atoms with Crippen molar-refractivity contribution in [3.05, 3.63) is 35.5 Å². The number of nitriles is 1. The van der Waals surface area contributed by atoms with Crippen molar-refractivity contribution in [2.45, 2.75) is 27.2 Å². The third kappa shape index (κ3) is 4.43. The molecule has 0 saturated carbocycles. The van der Waals surface area contributed by atoms with Gasteiger partial charge in [0.15, 0.2) is 0 Å². The number of hydrazone groups is 1. The number of benzene rings is 1. The van der Waals surface area contributed by atoms with Crippen molar-refractivity contribution in [1.29, 1.82) is 5.26 Å². The van der Waals surface area contributed by atoms with Crippen LogP contribution in [-0.2, 0) is 9.53 Å². The Morgan fingerprint density at radius 2 is 2.12 bits per heavy atom. The summed E-state index contributed by atoms with van der Waals surface area (Å²) in [6, 6.07) is 9.54. The zero-order chi connectivity index (χ0) is 17.5. The molecule has 1 heterocycles. The summed E-state index contributed by atoms with van der Waals surface area (Å²) >= 11 is 0. The van der Waals surface area contributed by atoms with Gasteiger partial charge in [0.2, 0.25) is 11.6 Å². The number of carbonyl (C=O) groups excluding carboxylic acids is 1. The Labute approximate surface area is 140 Å². The number of rotatable bonds is 6. The number of hydrogen-bond acceptors (Lipinski definition) is 7. The number of aryl methyl sites for hydroxylation is 1. The zero-order valence-corrected chi connectivity index (χ0v) is 13.8. The van der Waals surface area contributed by atoms with Gasteiger partial charge in [-0.15, -0.1) is 0 Å². The fraction of sp³-hybridized carbons (Fsp3) is 0.294. The Kier molecular flexibility index (Phi) is 5.68. The molecule has 7 heteroatoms. The number of ether oxygens (including phenoxy) is 1. The Morgan fingerprint density at radius 1 is 1.42 bits per heavy atom. The smallest absolute Gasteiger partial charge is 0.311 e. The molecule has 7 nitrogen and oxygen atoms in total. The second kappa shape index (κ2) is 7.92. The maximum absolute atomic E-state index is 11.4. The molecule has 0 saturated heterocycles. The standard InChI is InChI=1S/C17H18N4O3/c1-4-23-15(22)9-12(3)20-21-17-14(10-18)19-16(24-17)13-7-5-11(2)6-8-13/h5-8,21H,4,9H2,1-3H3/b20-12+. The van der Waals surface area contributed by atoms with Gasteiger partial charge in [0, 0.05) is 11.3 Å². The van der Waals surface area contributed by atoms with Gasteiger partial charge in [0.25, 0.3) is 5.88 Å². The number of nitrogens with one attached hydrogen (secondary N) is 1. The second-order valence-electron chi connectivity index (χ2n) is 5.12. The van der Waals surface area contributed by atoms with Crippen LogP contribution >= 0.6 is 0 Å². The molecule has 0 radical (unpaired) electrons. The fourth-order valence-electron chi connectivity index (χ4n) is 1.90. The highest BCUT2D eigenvalue weighted by Crippen LogP contribution is 2.25. The van der Waals surface area contributed by atoms with Gasteiger partial charge < -0.3 is 9.15 Å². The maximum atomic E-state index is 11.4. The highest BCUT2D eigenvalue weighted by atomic mass is 16.5. The average molecular weight is 326 g/mol. The van der Waals surface area contributed by atoms with Crippen molar-refractivity contribution < 1.29 is 13.9 Å². The summed E-state index contributed by atoms with van der Waals surface area (Å²) in [5.41, 5.74) is 5.12.